The molecule has 5 rings (SSSR count). The van der Waals surface area contributed by atoms with Crippen LogP contribution in [0.15, 0.2) is 48.1 Å². The quantitative estimate of drug-likeness (QED) is 0.428. The summed E-state index contributed by atoms with van der Waals surface area (Å²) in [7, 11) is 0. The van der Waals surface area contributed by atoms with E-state index < -0.39 is 23.2 Å². The summed E-state index contributed by atoms with van der Waals surface area (Å²) in [5, 5.41) is 9.77. The Bertz CT molecular complexity index is 1190. The molecule has 2 amide bonds. The first kappa shape index (κ1) is 30.3. The van der Waals surface area contributed by atoms with Gasteiger partial charge < -0.3 is 30.5 Å². The number of ether oxygens (including phenoxy) is 1. The molecule has 3 fully saturated rings. The fourth-order valence-electron chi connectivity index (χ4n) is 6.77. The molecule has 230 valence electrons. The number of dihydropyridines is 1. The highest BCUT2D eigenvalue weighted by molar-refractivity contribution is 5.95. The van der Waals surface area contributed by atoms with E-state index in [1.807, 2.05) is 37.0 Å². The molecule has 0 aromatic carbocycles. The molecule has 9 nitrogen and oxygen atoms in total. The van der Waals surface area contributed by atoms with Gasteiger partial charge in [-0.2, -0.15) is 13.2 Å². The van der Waals surface area contributed by atoms with Crippen LogP contribution in [0.25, 0.3) is 0 Å². The second-order valence-corrected chi connectivity index (χ2v) is 11.6. The van der Waals surface area contributed by atoms with Crippen LogP contribution in [0, 0.1) is 5.41 Å². The molecular weight excluding hydrogens is 549 g/mol. The van der Waals surface area contributed by atoms with Crippen LogP contribution in [-0.4, -0.2) is 84.2 Å². The lowest BCUT2D eigenvalue weighted by Crippen LogP contribution is -2.60. The first-order chi connectivity index (χ1) is 20.1. The van der Waals surface area contributed by atoms with Crippen LogP contribution in [0.4, 0.5) is 13.2 Å². The molecule has 0 spiro atoms. The van der Waals surface area contributed by atoms with E-state index >= 15 is 0 Å². The Labute approximate surface area is 244 Å². The molecule has 2 saturated heterocycles. The molecule has 42 heavy (non-hydrogen) atoms. The number of allylic oxidation sites excluding steroid dienone is 1. The molecule has 1 aliphatic carbocycles. The van der Waals surface area contributed by atoms with E-state index in [9.17, 15) is 22.8 Å². The van der Waals surface area contributed by atoms with Crippen molar-refractivity contribution in [2.24, 2.45) is 5.41 Å². The molecule has 1 saturated carbocycles. The standard InChI is InChI=1S/C30H41F3N6O3/c1-3-23-20-38(27(41)28(30(31,32)33)11-5-6-12-28)16-17-39(23)24-9-13-29(42-4-2,21-8-7-14-34-18-21)37-25(24)26(40)36-22-10-15-35-19-22/h7-9,13-14,18,22-23,35,37H,3-6,10-12,15-17,19-20H2,1-2H3,(H,36,40)/t22-,23+,29?/m0/s1. The molecule has 4 heterocycles. The molecule has 0 radical (unpaired) electrons. The zero-order valence-corrected chi connectivity index (χ0v) is 24.3. The third-order valence-corrected chi connectivity index (χ3v) is 9.09. The van der Waals surface area contributed by atoms with Gasteiger partial charge in [-0.05, 0) is 57.4 Å². The minimum absolute atomic E-state index is 0.0275. The van der Waals surface area contributed by atoms with Crippen LogP contribution in [0.3, 0.4) is 0 Å². The Hall–Kier alpha value is -3.12. The predicted molar refractivity (Wildman–Crippen MR) is 151 cm³/mol. The monoisotopic (exact) mass is 590 g/mol. The number of hydrogen-bond donors (Lipinski definition) is 3. The van der Waals surface area contributed by atoms with Crippen molar-refractivity contribution in [1.82, 2.24) is 30.7 Å². The van der Waals surface area contributed by atoms with Gasteiger partial charge >= 0.3 is 6.18 Å². The Balaban J connectivity index is 1.45. The number of pyridine rings is 1. The smallest absolute Gasteiger partial charge is 0.363 e. The summed E-state index contributed by atoms with van der Waals surface area (Å²) in [5.41, 5.74) is -1.74. The van der Waals surface area contributed by atoms with Gasteiger partial charge in [-0.3, -0.25) is 14.6 Å². The summed E-state index contributed by atoms with van der Waals surface area (Å²) in [6, 6.07) is 3.38. The van der Waals surface area contributed by atoms with Crippen molar-refractivity contribution < 1.29 is 27.5 Å². The number of alkyl halides is 3. The van der Waals surface area contributed by atoms with Crippen molar-refractivity contribution >= 4 is 11.8 Å². The molecule has 3 aliphatic heterocycles. The molecule has 1 aromatic rings. The number of nitrogens with one attached hydrogen (secondary N) is 3. The normalized spacial score (nSPS) is 27.7. The van der Waals surface area contributed by atoms with Gasteiger partial charge in [0.15, 0.2) is 5.72 Å². The third kappa shape index (κ3) is 5.62. The van der Waals surface area contributed by atoms with Gasteiger partial charge in [0.25, 0.3) is 5.91 Å². The molecule has 12 heteroatoms. The Kier molecular flexibility index (Phi) is 8.84. The SMILES string of the molecule is CCOC1(c2cccnc2)C=CC(N2CCN(C(=O)C3(C(F)(F)F)CCCC3)C[C@H]2CC)=C(C(=O)N[C@H]2CCNC2)N1. The minimum atomic E-state index is -4.58. The lowest BCUT2D eigenvalue weighted by Gasteiger charge is -2.47. The topological polar surface area (TPSA) is 98.8 Å². The summed E-state index contributed by atoms with van der Waals surface area (Å²) in [4.78, 5) is 35.0. The maximum absolute atomic E-state index is 14.2. The summed E-state index contributed by atoms with van der Waals surface area (Å²) in [6.07, 6.45) is 4.38. The molecule has 0 bridgehead atoms. The van der Waals surface area contributed by atoms with Crippen molar-refractivity contribution in [3.05, 3.63) is 53.6 Å². The van der Waals surface area contributed by atoms with E-state index in [4.69, 9.17) is 4.74 Å². The van der Waals surface area contributed by atoms with Gasteiger partial charge in [0, 0.05) is 62.8 Å². The number of aromatic nitrogens is 1. The largest absolute Gasteiger partial charge is 0.403 e. The highest BCUT2D eigenvalue weighted by atomic mass is 19.4. The molecule has 1 unspecified atom stereocenters. The summed E-state index contributed by atoms with van der Waals surface area (Å²) in [6.45, 7) is 6.27. The predicted octanol–water partition coefficient (Wildman–Crippen LogP) is 3.17. The van der Waals surface area contributed by atoms with Crippen LogP contribution >= 0.6 is 0 Å². The van der Waals surface area contributed by atoms with E-state index in [2.05, 4.69) is 20.9 Å². The average molecular weight is 591 g/mol. The number of nitrogens with zero attached hydrogens (tertiary/aromatic N) is 3. The van der Waals surface area contributed by atoms with E-state index in [1.54, 1.807) is 18.5 Å². The van der Waals surface area contributed by atoms with E-state index in [1.165, 1.54) is 4.90 Å². The summed E-state index contributed by atoms with van der Waals surface area (Å²) >= 11 is 0. The third-order valence-electron chi connectivity index (χ3n) is 9.09. The van der Waals surface area contributed by atoms with Crippen LogP contribution in [-0.2, 0) is 20.1 Å². The van der Waals surface area contributed by atoms with Crippen LogP contribution < -0.4 is 16.0 Å². The minimum Gasteiger partial charge on any atom is -0.363 e. The molecular formula is C30H41F3N6O3. The fourth-order valence-corrected chi connectivity index (χ4v) is 6.77. The molecule has 3 N–H and O–H groups in total. The lowest BCUT2D eigenvalue weighted by atomic mass is 9.83. The van der Waals surface area contributed by atoms with Crippen LogP contribution in [0.5, 0.6) is 0 Å². The molecule has 4 aliphatic rings. The Morgan fingerprint density at radius 2 is 2.00 bits per heavy atom. The second-order valence-electron chi connectivity index (χ2n) is 11.6. The number of rotatable bonds is 8. The summed E-state index contributed by atoms with van der Waals surface area (Å²) < 4.78 is 48.8. The average Bonchev–Trinajstić information content (AvgIpc) is 3.70. The van der Waals surface area contributed by atoms with Gasteiger partial charge in [-0.15, -0.1) is 0 Å². The van der Waals surface area contributed by atoms with Gasteiger partial charge in [-0.25, -0.2) is 0 Å². The van der Waals surface area contributed by atoms with E-state index in [-0.39, 0.29) is 43.9 Å². The number of halogens is 3. The van der Waals surface area contributed by atoms with E-state index in [0.29, 0.717) is 50.4 Å². The summed E-state index contributed by atoms with van der Waals surface area (Å²) in [5.74, 6) is -1.10. The number of amides is 2. The van der Waals surface area contributed by atoms with Gasteiger partial charge in [-0.1, -0.05) is 25.8 Å². The van der Waals surface area contributed by atoms with Crippen LogP contribution in [0.2, 0.25) is 0 Å². The number of hydrogen-bond acceptors (Lipinski definition) is 7. The highest BCUT2D eigenvalue weighted by Gasteiger charge is 2.62. The number of piperazine rings is 1. The first-order valence-corrected chi connectivity index (χ1v) is 15.0. The van der Waals surface area contributed by atoms with Crippen molar-refractivity contribution in [2.45, 2.75) is 76.4 Å². The maximum atomic E-state index is 14.2. The van der Waals surface area contributed by atoms with Crippen molar-refractivity contribution in [3.63, 3.8) is 0 Å². The van der Waals surface area contributed by atoms with Crippen molar-refractivity contribution in [2.75, 3.05) is 39.3 Å². The van der Waals surface area contributed by atoms with E-state index in [0.717, 1.165) is 18.5 Å². The number of carbonyl (C=O) groups excluding carboxylic acids is 2. The second kappa shape index (κ2) is 12.2. The maximum Gasteiger partial charge on any atom is 0.403 e. The zero-order chi connectivity index (χ0) is 30.0. The van der Waals surface area contributed by atoms with Gasteiger partial charge in [0.1, 0.15) is 11.1 Å². The van der Waals surface area contributed by atoms with Gasteiger partial charge in [0.05, 0.1) is 5.70 Å². The molecule has 1 aromatic heterocycles. The zero-order valence-electron chi connectivity index (χ0n) is 24.3. The van der Waals surface area contributed by atoms with Gasteiger partial charge in [0.2, 0.25) is 5.91 Å². The Morgan fingerprint density at radius 1 is 1.21 bits per heavy atom. The van der Waals surface area contributed by atoms with Crippen LogP contribution in [0.1, 0.15) is 57.9 Å². The lowest BCUT2D eigenvalue weighted by molar-refractivity contribution is -0.226. The fraction of sp³-hybridized carbons (Fsp3) is 0.633. The first-order valence-electron chi connectivity index (χ1n) is 15.0. The van der Waals surface area contributed by atoms with Crippen molar-refractivity contribution in [3.8, 4) is 0 Å². The number of carbonyl (C=O) groups is 2. The Morgan fingerprint density at radius 3 is 2.62 bits per heavy atom. The van der Waals surface area contributed by atoms with Crippen molar-refractivity contribution in [1.29, 1.82) is 0 Å². The molecule has 3 atom stereocenters. The highest BCUT2D eigenvalue weighted by Crippen LogP contribution is 2.52.